The standard InChI is InChI=1S/C22H15ClF4N2O2/c23-16-9-7-14(24)12-18(16)31-20-15(8-10-19(28-20)22(25,26)27)21(30)29-11-3-5-13-4-1-2-6-17(13)29/h1-2,4,6-10,12H,3,5,11H2. The molecule has 31 heavy (non-hydrogen) atoms. The van der Waals surface area contributed by atoms with Gasteiger partial charge in [0.25, 0.3) is 5.91 Å². The van der Waals surface area contributed by atoms with Gasteiger partial charge < -0.3 is 9.64 Å². The van der Waals surface area contributed by atoms with Gasteiger partial charge in [0.2, 0.25) is 5.88 Å². The summed E-state index contributed by atoms with van der Waals surface area (Å²) < 4.78 is 58.8. The lowest BCUT2D eigenvalue weighted by molar-refractivity contribution is -0.141. The van der Waals surface area contributed by atoms with Crippen LogP contribution in [0.25, 0.3) is 0 Å². The average molecular weight is 451 g/mol. The minimum atomic E-state index is -4.76. The van der Waals surface area contributed by atoms with E-state index < -0.39 is 29.5 Å². The highest BCUT2D eigenvalue weighted by molar-refractivity contribution is 6.32. The molecule has 0 spiro atoms. The first-order valence-electron chi connectivity index (χ1n) is 9.35. The molecule has 0 N–H and O–H groups in total. The molecule has 4 rings (SSSR count). The van der Waals surface area contributed by atoms with Crippen LogP contribution in [-0.4, -0.2) is 17.4 Å². The van der Waals surface area contributed by atoms with Crippen molar-refractivity contribution in [3.63, 3.8) is 0 Å². The van der Waals surface area contributed by atoms with Gasteiger partial charge in [-0.15, -0.1) is 0 Å². The largest absolute Gasteiger partial charge is 0.436 e. The van der Waals surface area contributed by atoms with Crippen molar-refractivity contribution in [3.05, 3.63) is 82.3 Å². The fourth-order valence-corrected chi connectivity index (χ4v) is 3.54. The van der Waals surface area contributed by atoms with Crippen LogP contribution in [0.15, 0.2) is 54.6 Å². The topological polar surface area (TPSA) is 42.4 Å². The Morgan fingerprint density at radius 2 is 1.87 bits per heavy atom. The van der Waals surface area contributed by atoms with E-state index in [0.29, 0.717) is 24.7 Å². The number of rotatable bonds is 3. The Morgan fingerprint density at radius 3 is 2.65 bits per heavy atom. The first-order chi connectivity index (χ1) is 14.7. The number of halogens is 5. The molecule has 160 valence electrons. The van der Waals surface area contributed by atoms with Gasteiger partial charge in [0.05, 0.1) is 5.02 Å². The molecule has 0 fully saturated rings. The second-order valence-corrected chi connectivity index (χ2v) is 7.32. The van der Waals surface area contributed by atoms with Crippen molar-refractivity contribution in [2.24, 2.45) is 0 Å². The van der Waals surface area contributed by atoms with Crippen molar-refractivity contribution >= 4 is 23.2 Å². The summed E-state index contributed by atoms with van der Waals surface area (Å²) in [7, 11) is 0. The maximum absolute atomic E-state index is 13.6. The lowest BCUT2D eigenvalue weighted by atomic mass is 10.0. The molecule has 2 aromatic carbocycles. The predicted octanol–water partition coefficient (Wildman–Crippen LogP) is 6.28. The van der Waals surface area contributed by atoms with Crippen molar-refractivity contribution < 1.29 is 27.1 Å². The number of benzene rings is 2. The Morgan fingerprint density at radius 1 is 1.10 bits per heavy atom. The minimum absolute atomic E-state index is 0.0395. The van der Waals surface area contributed by atoms with Crippen molar-refractivity contribution in [1.29, 1.82) is 0 Å². The maximum atomic E-state index is 13.6. The van der Waals surface area contributed by atoms with Crippen molar-refractivity contribution in [2.75, 3.05) is 11.4 Å². The van der Waals surface area contributed by atoms with E-state index in [9.17, 15) is 22.4 Å². The van der Waals surface area contributed by atoms with Crippen LogP contribution in [0.1, 0.15) is 28.0 Å². The highest BCUT2D eigenvalue weighted by atomic mass is 35.5. The number of para-hydroxylation sites is 1. The van der Waals surface area contributed by atoms with Gasteiger partial charge in [-0.3, -0.25) is 4.79 Å². The first kappa shape index (κ1) is 21.1. The summed E-state index contributed by atoms with van der Waals surface area (Å²) in [6.45, 7) is 0.386. The Labute approximate surface area is 180 Å². The summed E-state index contributed by atoms with van der Waals surface area (Å²) in [6, 6.07) is 12.2. The van der Waals surface area contributed by atoms with E-state index in [1.54, 1.807) is 12.1 Å². The van der Waals surface area contributed by atoms with E-state index >= 15 is 0 Å². The van der Waals surface area contributed by atoms with E-state index in [1.165, 1.54) is 11.0 Å². The Kier molecular flexibility index (Phi) is 5.58. The van der Waals surface area contributed by atoms with E-state index in [2.05, 4.69) is 4.98 Å². The van der Waals surface area contributed by atoms with E-state index in [0.717, 1.165) is 30.2 Å². The zero-order valence-corrected chi connectivity index (χ0v) is 16.7. The van der Waals surface area contributed by atoms with Crippen LogP contribution in [0, 0.1) is 5.82 Å². The molecule has 0 unspecified atom stereocenters. The van der Waals surface area contributed by atoms with Crippen molar-refractivity contribution in [2.45, 2.75) is 19.0 Å². The second-order valence-electron chi connectivity index (χ2n) is 6.91. The molecule has 0 saturated carbocycles. The van der Waals surface area contributed by atoms with Gasteiger partial charge in [0.1, 0.15) is 17.1 Å². The van der Waals surface area contributed by atoms with Crippen LogP contribution < -0.4 is 9.64 Å². The minimum Gasteiger partial charge on any atom is -0.436 e. The third kappa shape index (κ3) is 4.34. The third-order valence-corrected chi connectivity index (χ3v) is 5.15. The molecule has 1 aromatic heterocycles. The van der Waals surface area contributed by atoms with Crippen LogP contribution in [0.5, 0.6) is 11.6 Å². The molecule has 4 nitrogen and oxygen atoms in total. The van der Waals surface area contributed by atoms with Gasteiger partial charge in [-0.05, 0) is 48.7 Å². The van der Waals surface area contributed by atoms with Crippen LogP contribution in [-0.2, 0) is 12.6 Å². The molecule has 0 bridgehead atoms. The summed E-state index contributed by atoms with van der Waals surface area (Å²) >= 11 is 5.99. The maximum Gasteiger partial charge on any atom is 0.433 e. The van der Waals surface area contributed by atoms with Crippen molar-refractivity contribution in [3.8, 4) is 11.6 Å². The van der Waals surface area contributed by atoms with E-state index in [-0.39, 0.29) is 16.3 Å². The Hall–Kier alpha value is -3.13. The Bertz CT molecular complexity index is 1150. The average Bonchev–Trinajstić information content (AvgIpc) is 2.75. The number of anilines is 1. The third-order valence-electron chi connectivity index (χ3n) is 4.84. The lowest BCUT2D eigenvalue weighted by Gasteiger charge is -2.30. The number of hydrogen-bond acceptors (Lipinski definition) is 3. The highest BCUT2D eigenvalue weighted by Crippen LogP contribution is 2.36. The number of aromatic nitrogens is 1. The predicted molar refractivity (Wildman–Crippen MR) is 107 cm³/mol. The molecule has 0 saturated heterocycles. The quantitative estimate of drug-likeness (QED) is 0.441. The second kappa shape index (κ2) is 8.19. The Balaban J connectivity index is 1.79. The number of fused-ring (bicyclic) bond motifs is 1. The lowest BCUT2D eigenvalue weighted by Crippen LogP contribution is -2.35. The number of pyridine rings is 1. The molecular weight excluding hydrogens is 436 g/mol. The smallest absolute Gasteiger partial charge is 0.433 e. The SMILES string of the molecule is O=C(c1ccc(C(F)(F)F)nc1Oc1cc(F)ccc1Cl)N1CCCc2ccccc21. The number of nitrogens with zero attached hydrogens (tertiary/aromatic N) is 2. The summed E-state index contributed by atoms with van der Waals surface area (Å²) in [5, 5.41) is -0.0395. The van der Waals surface area contributed by atoms with Crippen LogP contribution in [0.2, 0.25) is 5.02 Å². The number of carbonyl (C=O) groups is 1. The molecular formula is C22H15ClF4N2O2. The molecule has 0 radical (unpaired) electrons. The molecule has 1 aliphatic heterocycles. The fourth-order valence-electron chi connectivity index (χ4n) is 3.39. The zero-order valence-electron chi connectivity index (χ0n) is 15.9. The zero-order chi connectivity index (χ0) is 22.2. The molecule has 9 heteroatoms. The van der Waals surface area contributed by atoms with Gasteiger partial charge >= 0.3 is 6.18 Å². The number of hydrogen-bond donors (Lipinski definition) is 0. The van der Waals surface area contributed by atoms with E-state index in [4.69, 9.17) is 16.3 Å². The van der Waals surface area contributed by atoms with Crippen molar-refractivity contribution in [1.82, 2.24) is 4.98 Å². The molecule has 1 aliphatic rings. The fraction of sp³-hybridized carbons (Fsp3) is 0.182. The normalized spacial score (nSPS) is 13.6. The summed E-state index contributed by atoms with van der Waals surface area (Å²) in [5.74, 6) is -2.13. The van der Waals surface area contributed by atoms with Gasteiger partial charge in [-0.2, -0.15) is 13.2 Å². The summed E-state index contributed by atoms with van der Waals surface area (Å²) in [4.78, 5) is 18.3. The number of carbonyl (C=O) groups excluding carboxylic acids is 1. The number of ether oxygens (including phenoxy) is 1. The van der Waals surface area contributed by atoms with Crippen LogP contribution >= 0.6 is 11.6 Å². The molecule has 2 heterocycles. The number of aryl methyl sites for hydroxylation is 1. The van der Waals surface area contributed by atoms with Gasteiger partial charge in [-0.1, -0.05) is 29.8 Å². The van der Waals surface area contributed by atoms with Gasteiger partial charge in [0, 0.05) is 18.3 Å². The number of alkyl halides is 3. The molecule has 3 aromatic rings. The first-order valence-corrected chi connectivity index (χ1v) is 9.73. The van der Waals surface area contributed by atoms with Crippen LogP contribution in [0.4, 0.5) is 23.2 Å². The van der Waals surface area contributed by atoms with Crippen LogP contribution in [0.3, 0.4) is 0 Å². The van der Waals surface area contributed by atoms with Gasteiger partial charge in [-0.25, -0.2) is 9.37 Å². The monoisotopic (exact) mass is 450 g/mol. The highest BCUT2D eigenvalue weighted by Gasteiger charge is 2.35. The van der Waals surface area contributed by atoms with E-state index in [1.807, 2.05) is 12.1 Å². The number of amides is 1. The molecule has 0 atom stereocenters. The molecule has 0 aliphatic carbocycles. The summed E-state index contributed by atoms with van der Waals surface area (Å²) in [6.07, 6.45) is -3.28. The van der Waals surface area contributed by atoms with Gasteiger partial charge in [0.15, 0.2) is 5.75 Å². The molecule has 1 amide bonds. The summed E-state index contributed by atoms with van der Waals surface area (Å²) in [5.41, 5.74) is 0.196.